The highest BCUT2D eigenvalue weighted by Gasteiger charge is 2.14. The molecule has 1 aromatic rings. The topological polar surface area (TPSA) is 50.4 Å². The number of amides is 1. The maximum Gasteiger partial charge on any atom is 0.233 e. The third-order valence-electron chi connectivity index (χ3n) is 3.36. The van der Waals surface area contributed by atoms with Gasteiger partial charge in [0.1, 0.15) is 5.82 Å². The Morgan fingerprint density at radius 2 is 2.25 bits per heavy atom. The molecule has 1 aromatic carbocycles. The number of hydrogen-bond acceptors (Lipinski definition) is 3. The van der Waals surface area contributed by atoms with Crippen LogP contribution in [0.4, 0.5) is 4.39 Å². The van der Waals surface area contributed by atoms with Gasteiger partial charge in [-0.2, -0.15) is 0 Å². The van der Waals surface area contributed by atoms with Gasteiger partial charge in [0, 0.05) is 19.7 Å². The molecule has 1 aliphatic heterocycles. The fourth-order valence-corrected chi connectivity index (χ4v) is 2.25. The molecule has 1 fully saturated rings. The van der Waals surface area contributed by atoms with Gasteiger partial charge in [-0.3, -0.25) is 4.79 Å². The standard InChI is InChI=1S/C15H21FN2O2/c16-14-6-2-1-4-12(14)7-8-18-15(19)11-17-10-13-5-3-9-20-13/h1-2,4,6,13,17H,3,5,7-11H2,(H,18,19). The van der Waals surface area contributed by atoms with Crippen molar-refractivity contribution in [3.8, 4) is 0 Å². The molecular formula is C15H21FN2O2. The van der Waals surface area contributed by atoms with Crippen LogP contribution in [0.2, 0.25) is 0 Å². The van der Waals surface area contributed by atoms with E-state index in [1.807, 2.05) is 0 Å². The maximum atomic E-state index is 13.4. The van der Waals surface area contributed by atoms with E-state index in [-0.39, 0.29) is 24.4 Å². The number of halogens is 1. The third-order valence-corrected chi connectivity index (χ3v) is 3.36. The second-order valence-corrected chi connectivity index (χ2v) is 4.96. The Balaban J connectivity index is 1.57. The molecule has 1 heterocycles. The fraction of sp³-hybridized carbons (Fsp3) is 0.533. The predicted molar refractivity (Wildman–Crippen MR) is 75.0 cm³/mol. The van der Waals surface area contributed by atoms with E-state index in [0.29, 0.717) is 25.1 Å². The zero-order valence-electron chi connectivity index (χ0n) is 11.5. The molecule has 2 N–H and O–H groups in total. The lowest BCUT2D eigenvalue weighted by Crippen LogP contribution is -2.37. The molecule has 20 heavy (non-hydrogen) atoms. The van der Waals surface area contributed by atoms with Crippen molar-refractivity contribution in [2.75, 3.05) is 26.2 Å². The molecule has 5 heteroatoms. The summed E-state index contributed by atoms with van der Waals surface area (Å²) in [5, 5.41) is 5.85. The van der Waals surface area contributed by atoms with Gasteiger partial charge < -0.3 is 15.4 Å². The average Bonchev–Trinajstić information content (AvgIpc) is 2.94. The molecule has 0 bridgehead atoms. The Kier molecular flexibility index (Phi) is 5.95. The van der Waals surface area contributed by atoms with Gasteiger partial charge in [0.25, 0.3) is 0 Å². The smallest absolute Gasteiger partial charge is 0.233 e. The normalized spacial score (nSPS) is 18.1. The summed E-state index contributed by atoms with van der Waals surface area (Å²) in [4.78, 5) is 11.6. The molecule has 1 unspecified atom stereocenters. The number of hydrogen-bond donors (Lipinski definition) is 2. The lowest BCUT2D eigenvalue weighted by molar-refractivity contribution is -0.120. The lowest BCUT2D eigenvalue weighted by atomic mass is 10.1. The van der Waals surface area contributed by atoms with Gasteiger partial charge in [-0.1, -0.05) is 18.2 Å². The summed E-state index contributed by atoms with van der Waals surface area (Å²) in [5.41, 5.74) is 0.625. The van der Waals surface area contributed by atoms with Crippen LogP contribution in [0.1, 0.15) is 18.4 Å². The van der Waals surface area contributed by atoms with Crippen molar-refractivity contribution in [3.63, 3.8) is 0 Å². The first-order valence-corrected chi connectivity index (χ1v) is 7.08. The van der Waals surface area contributed by atoms with Crippen LogP contribution >= 0.6 is 0 Å². The van der Waals surface area contributed by atoms with Crippen molar-refractivity contribution in [2.45, 2.75) is 25.4 Å². The molecule has 1 aliphatic rings. The second kappa shape index (κ2) is 7.97. The summed E-state index contributed by atoms with van der Waals surface area (Å²) in [6.07, 6.45) is 2.90. The Bertz CT molecular complexity index is 434. The number of carbonyl (C=O) groups is 1. The number of ether oxygens (including phenoxy) is 1. The van der Waals surface area contributed by atoms with Gasteiger partial charge >= 0.3 is 0 Å². The average molecular weight is 280 g/mol. The summed E-state index contributed by atoms with van der Waals surface area (Å²) in [6.45, 7) is 2.25. The van der Waals surface area contributed by atoms with Crippen molar-refractivity contribution < 1.29 is 13.9 Å². The Morgan fingerprint density at radius 1 is 1.40 bits per heavy atom. The van der Waals surface area contributed by atoms with Crippen LogP contribution in [0.25, 0.3) is 0 Å². The van der Waals surface area contributed by atoms with E-state index in [4.69, 9.17) is 4.74 Å². The molecule has 1 amide bonds. The highest BCUT2D eigenvalue weighted by atomic mass is 19.1. The minimum absolute atomic E-state index is 0.0701. The molecule has 0 radical (unpaired) electrons. The first kappa shape index (κ1) is 14.9. The molecule has 0 saturated carbocycles. The quantitative estimate of drug-likeness (QED) is 0.790. The van der Waals surface area contributed by atoms with Crippen molar-refractivity contribution in [2.24, 2.45) is 0 Å². The maximum absolute atomic E-state index is 13.4. The molecule has 0 spiro atoms. The molecule has 1 saturated heterocycles. The molecule has 4 nitrogen and oxygen atoms in total. The van der Waals surface area contributed by atoms with Crippen molar-refractivity contribution in [1.82, 2.24) is 10.6 Å². The van der Waals surface area contributed by atoms with Gasteiger partial charge in [-0.15, -0.1) is 0 Å². The van der Waals surface area contributed by atoms with E-state index in [1.165, 1.54) is 6.07 Å². The van der Waals surface area contributed by atoms with E-state index in [1.54, 1.807) is 18.2 Å². The van der Waals surface area contributed by atoms with E-state index in [9.17, 15) is 9.18 Å². The van der Waals surface area contributed by atoms with E-state index >= 15 is 0 Å². The largest absolute Gasteiger partial charge is 0.377 e. The SMILES string of the molecule is O=C(CNCC1CCCO1)NCCc1ccccc1F. The predicted octanol–water partition coefficient (Wildman–Crippen LogP) is 1.25. The molecule has 1 atom stereocenters. The minimum atomic E-state index is -0.224. The van der Waals surface area contributed by atoms with Gasteiger partial charge in [-0.25, -0.2) is 4.39 Å². The van der Waals surface area contributed by atoms with E-state index in [0.717, 1.165) is 19.4 Å². The second-order valence-electron chi connectivity index (χ2n) is 4.96. The van der Waals surface area contributed by atoms with Crippen LogP contribution in [0, 0.1) is 5.82 Å². The number of nitrogens with one attached hydrogen (secondary N) is 2. The molecule has 2 rings (SSSR count). The fourth-order valence-electron chi connectivity index (χ4n) is 2.25. The summed E-state index contributed by atoms with van der Waals surface area (Å²) in [7, 11) is 0. The van der Waals surface area contributed by atoms with E-state index in [2.05, 4.69) is 10.6 Å². The van der Waals surface area contributed by atoms with Crippen LogP contribution in [0.3, 0.4) is 0 Å². The zero-order valence-corrected chi connectivity index (χ0v) is 11.5. The van der Waals surface area contributed by atoms with Crippen LogP contribution in [-0.2, 0) is 16.0 Å². The molecule has 0 aliphatic carbocycles. The van der Waals surface area contributed by atoms with Crippen LogP contribution < -0.4 is 10.6 Å². The van der Waals surface area contributed by atoms with Gasteiger partial charge in [-0.05, 0) is 30.9 Å². The van der Waals surface area contributed by atoms with Crippen LogP contribution in [-0.4, -0.2) is 38.3 Å². The summed E-state index contributed by atoms with van der Waals surface area (Å²) < 4.78 is 18.8. The van der Waals surface area contributed by atoms with Crippen molar-refractivity contribution in [3.05, 3.63) is 35.6 Å². The minimum Gasteiger partial charge on any atom is -0.377 e. The van der Waals surface area contributed by atoms with Gasteiger partial charge in [0.15, 0.2) is 0 Å². The van der Waals surface area contributed by atoms with Crippen LogP contribution in [0.5, 0.6) is 0 Å². The third kappa shape index (κ3) is 4.90. The zero-order chi connectivity index (χ0) is 14.2. The first-order chi connectivity index (χ1) is 9.75. The highest BCUT2D eigenvalue weighted by molar-refractivity contribution is 5.77. The summed E-state index contributed by atoms with van der Waals surface area (Å²) in [5.74, 6) is -0.294. The van der Waals surface area contributed by atoms with Crippen molar-refractivity contribution >= 4 is 5.91 Å². The number of carbonyl (C=O) groups excluding carboxylic acids is 1. The van der Waals surface area contributed by atoms with Gasteiger partial charge in [0.05, 0.1) is 12.6 Å². The Hall–Kier alpha value is -1.46. The summed E-state index contributed by atoms with van der Waals surface area (Å²) in [6, 6.07) is 6.62. The highest BCUT2D eigenvalue weighted by Crippen LogP contribution is 2.10. The first-order valence-electron chi connectivity index (χ1n) is 7.08. The number of benzene rings is 1. The monoisotopic (exact) mass is 280 g/mol. The molecule has 110 valence electrons. The lowest BCUT2D eigenvalue weighted by Gasteiger charge is -2.11. The molecular weight excluding hydrogens is 259 g/mol. The van der Waals surface area contributed by atoms with E-state index < -0.39 is 0 Å². The Labute approximate surface area is 118 Å². The van der Waals surface area contributed by atoms with Crippen LogP contribution in [0.15, 0.2) is 24.3 Å². The Morgan fingerprint density at radius 3 is 3.00 bits per heavy atom. The van der Waals surface area contributed by atoms with Crippen molar-refractivity contribution in [1.29, 1.82) is 0 Å². The number of rotatable bonds is 7. The van der Waals surface area contributed by atoms with Gasteiger partial charge in [0.2, 0.25) is 5.91 Å². The molecule has 0 aromatic heterocycles. The summed E-state index contributed by atoms with van der Waals surface area (Å²) >= 11 is 0.